The number of pyridine rings is 1. The zero-order valence-corrected chi connectivity index (χ0v) is 32.2. The van der Waals surface area contributed by atoms with Crippen molar-refractivity contribution >= 4 is 53.2 Å². The third-order valence-electron chi connectivity index (χ3n) is 12.9. The van der Waals surface area contributed by atoms with Crippen molar-refractivity contribution in [2.75, 3.05) is 0 Å². The molecule has 2 heteroatoms. The number of benzene rings is 9. The Morgan fingerprint density at radius 3 is 1.64 bits per heavy atom. The minimum Gasteiger partial charge on any atom is -0.247 e. The summed E-state index contributed by atoms with van der Waals surface area (Å²) in [5.74, 6) is 0. The lowest BCUT2D eigenvalue weighted by atomic mass is 9.70. The molecule has 2 aliphatic carbocycles. The maximum Gasteiger partial charge on any atom is 0.0788 e. The molecule has 0 amide bonds. The zero-order valence-electron chi connectivity index (χ0n) is 31.4. The van der Waals surface area contributed by atoms with Gasteiger partial charge in [-0.2, -0.15) is 0 Å². The van der Waals surface area contributed by atoms with E-state index in [0.29, 0.717) is 0 Å². The molecule has 0 bridgehead atoms. The first-order chi connectivity index (χ1) is 28.8. The van der Waals surface area contributed by atoms with E-state index in [1.54, 1.807) is 0 Å². The summed E-state index contributed by atoms with van der Waals surface area (Å²) in [6.07, 6.45) is 0. The number of para-hydroxylation sites is 1. The first-order valence-electron chi connectivity index (χ1n) is 20.0. The van der Waals surface area contributed by atoms with E-state index in [-0.39, 0.29) is 5.41 Å². The van der Waals surface area contributed by atoms with E-state index in [9.17, 15) is 0 Å². The minimum absolute atomic E-state index is 0.382. The molecule has 0 fully saturated rings. The largest absolute Gasteiger partial charge is 0.247 e. The summed E-state index contributed by atoms with van der Waals surface area (Å²) in [6.45, 7) is 0. The van der Waals surface area contributed by atoms with Crippen LogP contribution >= 0.6 is 11.3 Å². The molecule has 58 heavy (non-hydrogen) atoms. The van der Waals surface area contributed by atoms with Gasteiger partial charge in [0.05, 0.1) is 16.6 Å². The van der Waals surface area contributed by atoms with Gasteiger partial charge in [-0.05, 0) is 79.4 Å². The van der Waals surface area contributed by atoms with Crippen LogP contribution in [-0.2, 0) is 5.41 Å². The minimum atomic E-state index is -0.382. The quantitative estimate of drug-likeness (QED) is 0.164. The highest BCUT2D eigenvalue weighted by molar-refractivity contribution is 7.26. The molecular weight excluding hydrogens is 719 g/mol. The second kappa shape index (κ2) is 11.9. The maximum absolute atomic E-state index is 5.25. The summed E-state index contributed by atoms with van der Waals surface area (Å²) in [5, 5.41) is 6.25. The number of rotatable bonds is 3. The van der Waals surface area contributed by atoms with Crippen LogP contribution < -0.4 is 0 Å². The molecule has 2 heterocycles. The van der Waals surface area contributed by atoms with Gasteiger partial charge in [-0.25, -0.2) is 4.98 Å². The van der Waals surface area contributed by atoms with E-state index in [2.05, 4.69) is 200 Å². The van der Waals surface area contributed by atoms with Crippen LogP contribution in [-0.4, -0.2) is 4.98 Å². The molecule has 1 nitrogen and oxygen atoms in total. The van der Waals surface area contributed by atoms with Crippen LogP contribution in [0.1, 0.15) is 22.3 Å². The highest BCUT2D eigenvalue weighted by Crippen LogP contribution is 2.63. The van der Waals surface area contributed by atoms with Crippen LogP contribution in [0.15, 0.2) is 200 Å². The highest BCUT2D eigenvalue weighted by Gasteiger charge is 2.51. The molecule has 0 unspecified atom stereocenters. The summed E-state index contributed by atoms with van der Waals surface area (Å²) in [5.41, 5.74) is 18.6. The monoisotopic (exact) mass is 751 g/mol. The van der Waals surface area contributed by atoms with Crippen molar-refractivity contribution < 1.29 is 0 Å². The van der Waals surface area contributed by atoms with Gasteiger partial charge in [0.15, 0.2) is 0 Å². The number of nitrogens with zero attached hydrogens (tertiary/aromatic N) is 1. The lowest BCUT2D eigenvalue weighted by molar-refractivity contribution is 0.794. The Labute approximate surface area is 340 Å². The van der Waals surface area contributed by atoms with E-state index in [1.807, 2.05) is 11.3 Å². The number of hydrogen-bond donors (Lipinski definition) is 0. The first kappa shape index (κ1) is 32.0. The van der Waals surface area contributed by atoms with E-state index < -0.39 is 0 Å². The standard InChI is InChI=1S/C56H33NS/c1-2-15-34(16-3-1)54-44-31-32-51-53(52(44)43-22-9-13-28-50(43)57-54)45-24-14-23-42(55(45)58-51)37-18-5-4-17-36(37)35-29-30-41-40-21-8-12-27-48(40)56(49(41)33-35)46-25-10-6-19-38(46)39-20-7-11-26-47(39)56/h1-33H. The molecule has 13 rings (SSSR count). The molecular formula is C56H33NS. The number of thiophene rings is 1. The lowest BCUT2D eigenvalue weighted by Crippen LogP contribution is -2.25. The van der Waals surface area contributed by atoms with Gasteiger partial charge < -0.3 is 0 Å². The SMILES string of the molecule is c1ccc(-c2nc3ccccc3c3c2ccc2sc4c(-c5ccccc5-c5ccc6c(c5)C5(c7ccccc7-c7ccccc75)c5ccccc5-6)cccc4c23)cc1. The van der Waals surface area contributed by atoms with Crippen LogP contribution in [0.5, 0.6) is 0 Å². The third kappa shape index (κ3) is 4.17. The van der Waals surface area contributed by atoms with E-state index in [4.69, 9.17) is 4.98 Å². The molecule has 11 aromatic rings. The predicted molar refractivity (Wildman–Crippen MR) is 245 cm³/mol. The van der Waals surface area contributed by atoms with E-state index >= 15 is 0 Å². The highest BCUT2D eigenvalue weighted by atomic mass is 32.1. The number of hydrogen-bond acceptors (Lipinski definition) is 2. The van der Waals surface area contributed by atoms with Crippen molar-refractivity contribution in [1.82, 2.24) is 4.98 Å². The van der Waals surface area contributed by atoms with Gasteiger partial charge in [0.1, 0.15) is 0 Å². The zero-order chi connectivity index (χ0) is 38.0. The topological polar surface area (TPSA) is 12.9 Å². The molecule has 0 N–H and O–H groups in total. The molecule has 0 radical (unpaired) electrons. The van der Waals surface area contributed by atoms with Gasteiger partial charge in [0, 0.05) is 47.5 Å². The number of fused-ring (bicyclic) bond motifs is 17. The molecule has 1 spiro atoms. The molecule has 0 saturated heterocycles. The van der Waals surface area contributed by atoms with Crippen molar-refractivity contribution in [3.63, 3.8) is 0 Å². The van der Waals surface area contributed by atoms with Gasteiger partial charge >= 0.3 is 0 Å². The van der Waals surface area contributed by atoms with E-state index in [0.717, 1.165) is 16.8 Å². The molecule has 0 atom stereocenters. The molecule has 0 saturated carbocycles. The summed E-state index contributed by atoms with van der Waals surface area (Å²) in [6, 6.07) is 74.2. The fourth-order valence-corrected chi connectivity index (χ4v) is 11.8. The summed E-state index contributed by atoms with van der Waals surface area (Å²) in [4.78, 5) is 5.25. The second-order valence-corrected chi connectivity index (χ2v) is 16.7. The van der Waals surface area contributed by atoms with Crippen LogP contribution in [0.4, 0.5) is 0 Å². The fraction of sp³-hybridized carbons (Fsp3) is 0.0179. The Morgan fingerprint density at radius 1 is 0.345 bits per heavy atom. The van der Waals surface area contributed by atoms with Crippen LogP contribution in [0.2, 0.25) is 0 Å². The Bertz CT molecular complexity index is 3450. The molecule has 2 aromatic heterocycles. The van der Waals surface area contributed by atoms with E-state index in [1.165, 1.54) is 103 Å². The molecule has 0 aliphatic heterocycles. The Morgan fingerprint density at radius 2 is 0.914 bits per heavy atom. The van der Waals surface area contributed by atoms with Crippen molar-refractivity contribution in [2.24, 2.45) is 0 Å². The summed E-state index contributed by atoms with van der Waals surface area (Å²) in [7, 11) is 0. The van der Waals surface area contributed by atoms with Gasteiger partial charge in [-0.3, -0.25) is 0 Å². The third-order valence-corrected chi connectivity index (χ3v) is 14.1. The normalized spacial score (nSPS) is 13.3. The van der Waals surface area contributed by atoms with Crippen molar-refractivity contribution in [3.05, 3.63) is 222 Å². The Balaban J connectivity index is 1.05. The fourth-order valence-electron chi connectivity index (χ4n) is 10.6. The van der Waals surface area contributed by atoms with Crippen molar-refractivity contribution in [2.45, 2.75) is 5.41 Å². The van der Waals surface area contributed by atoms with Gasteiger partial charge in [0.25, 0.3) is 0 Å². The lowest BCUT2D eigenvalue weighted by Gasteiger charge is -2.30. The van der Waals surface area contributed by atoms with Crippen molar-refractivity contribution in [1.29, 1.82) is 0 Å². The predicted octanol–water partition coefficient (Wildman–Crippen LogP) is 15.1. The Hall–Kier alpha value is -7.13. The molecule has 9 aromatic carbocycles. The second-order valence-electron chi connectivity index (χ2n) is 15.7. The maximum atomic E-state index is 5.25. The van der Waals surface area contributed by atoms with Crippen LogP contribution in [0.25, 0.3) is 97.6 Å². The van der Waals surface area contributed by atoms with Gasteiger partial charge in [0.2, 0.25) is 0 Å². The van der Waals surface area contributed by atoms with Crippen LogP contribution in [0.3, 0.4) is 0 Å². The summed E-state index contributed by atoms with van der Waals surface area (Å²) >= 11 is 1.90. The van der Waals surface area contributed by atoms with Gasteiger partial charge in [-0.1, -0.05) is 182 Å². The molecule has 268 valence electrons. The average Bonchev–Trinajstić information content (AvgIpc) is 3.93. The smallest absolute Gasteiger partial charge is 0.0788 e. The Kier molecular flexibility index (Phi) is 6.59. The van der Waals surface area contributed by atoms with Crippen molar-refractivity contribution in [3.8, 4) is 55.8 Å². The number of aromatic nitrogens is 1. The van der Waals surface area contributed by atoms with Crippen LogP contribution in [0, 0.1) is 0 Å². The molecule has 2 aliphatic rings. The average molecular weight is 752 g/mol. The first-order valence-corrected chi connectivity index (χ1v) is 20.9. The summed E-state index contributed by atoms with van der Waals surface area (Å²) < 4.78 is 2.60. The van der Waals surface area contributed by atoms with Gasteiger partial charge in [-0.15, -0.1) is 11.3 Å².